The largest absolute Gasteiger partial charge is 0.619 e. The van der Waals surface area contributed by atoms with Gasteiger partial charge in [0.25, 0.3) is 5.91 Å². The summed E-state index contributed by atoms with van der Waals surface area (Å²) in [5.74, 6) is -1.67. The number of primary amides is 1. The zero-order chi connectivity index (χ0) is 19.7. The molecule has 0 radical (unpaired) electrons. The van der Waals surface area contributed by atoms with Crippen molar-refractivity contribution in [2.45, 2.75) is 38.3 Å². The van der Waals surface area contributed by atoms with Gasteiger partial charge in [-0.15, -0.1) is 0 Å². The lowest BCUT2D eigenvalue weighted by Gasteiger charge is -2.24. The second kappa shape index (κ2) is 7.34. The number of fused-ring (bicyclic) bond motifs is 1. The Kier molecular flexibility index (Phi) is 5.11. The number of hydrogen-bond donors (Lipinski definition) is 1. The first-order valence-corrected chi connectivity index (χ1v) is 8.91. The van der Waals surface area contributed by atoms with Crippen molar-refractivity contribution in [2.75, 3.05) is 13.1 Å². The van der Waals surface area contributed by atoms with E-state index in [-0.39, 0.29) is 36.3 Å². The van der Waals surface area contributed by atoms with Crippen LogP contribution < -0.4 is 10.5 Å². The van der Waals surface area contributed by atoms with Crippen molar-refractivity contribution in [2.24, 2.45) is 11.7 Å². The van der Waals surface area contributed by atoms with E-state index >= 15 is 0 Å². The maximum Gasteiger partial charge on any atom is 0.260 e. The van der Waals surface area contributed by atoms with E-state index in [1.165, 1.54) is 34.3 Å². The van der Waals surface area contributed by atoms with Crippen LogP contribution in [0.15, 0.2) is 24.5 Å². The van der Waals surface area contributed by atoms with E-state index in [0.717, 1.165) is 0 Å². The lowest BCUT2D eigenvalue weighted by molar-refractivity contribution is -0.605. The van der Waals surface area contributed by atoms with Crippen LogP contribution in [0, 0.1) is 11.1 Å². The summed E-state index contributed by atoms with van der Waals surface area (Å²) in [6.45, 7) is 1.96. The highest BCUT2D eigenvalue weighted by molar-refractivity contribution is 6.02. The molecule has 0 aliphatic carbocycles. The van der Waals surface area contributed by atoms with Gasteiger partial charge in [0, 0.05) is 24.9 Å². The number of ketones is 1. The minimum atomic E-state index is -0.659. The minimum Gasteiger partial charge on any atom is -0.619 e. The van der Waals surface area contributed by atoms with Crippen molar-refractivity contribution in [3.05, 3.63) is 35.3 Å². The van der Waals surface area contributed by atoms with Crippen LogP contribution in [0.4, 0.5) is 0 Å². The van der Waals surface area contributed by atoms with Crippen LogP contribution in [0.1, 0.15) is 36.5 Å². The fourth-order valence-electron chi connectivity index (χ4n) is 3.74. The van der Waals surface area contributed by atoms with Crippen molar-refractivity contribution in [3.8, 4) is 0 Å². The Morgan fingerprint density at radius 2 is 2.11 bits per heavy atom. The molecule has 0 bridgehead atoms. The highest BCUT2D eigenvalue weighted by atomic mass is 16.5. The van der Waals surface area contributed by atoms with E-state index < -0.39 is 23.8 Å². The van der Waals surface area contributed by atoms with E-state index in [1.54, 1.807) is 6.92 Å². The first-order valence-electron chi connectivity index (χ1n) is 8.91. The van der Waals surface area contributed by atoms with Gasteiger partial charge in [-0.1, -0.05) is 6.92 Å². The average molecular weight is 374 g/mol. The predicted octanol–water partition coefficient (Wildman–Crippen LogP) is -0.784. The number of likely N-dealkylation sites (tertiary alicyclic amines) is 2. The highest BCUT2D eigenvalue weighted by Crippen LogP contribution is 2.31. The summed E-state index contributed by atoms with van der Waals surface area (Å²) in [5, 5.41) is 11.4. The van der Waals surface area contributed by atoms with Crippen LogP contribution in [-0.4, -0.2) is 58.5 Å². The molecule has 3 rings (SSSR count). The van der Waals surface area contributed by atoms with Crippen LogP contribution in [0.25, 0.3) is 0 Å². The number of aromatic nitrogens is 1. The number of amides is 3. The standard InChI is InChI=1S/C18H22N4O5/c1-11(17(19)25)4-5-15(24)21-8-6-13-16(21)14(23)10-22(13)18(26)12-3-2-7-20(27)9-12/h2-3,7,9,11,13,16H,4-6,8,10H2,1H3,(H2,19,25). The van der Waals surface area contributed by atoms with Gasteiger partial charge >= 0.3 is 0 Å². The number of Topliss-reactive ketones (excluding diaryl/α,β-unsaturated/α-hetero) is 1. The number of nitrogens with zero attached hydrogens (tertiary/aromatic N) is 3. The molecule has 3 unspecified atom stereocenters. The molecule has 2 fully saturated rings. The van der Waals surface area contributed by atoms with Crippen molar-refractivity contribution in [1.29, 1.82) is 0 Å². The van der Waals surface area contributed by atoms with Gasteiger partial charge in [-0.25, -0.2) is 0 Å². The van der Waals surface area contributed by atoms with Crippen LogP contribution in [-0.2, 0) is 14.4 Å². The lowest BCUT2D eigenvalue weighted by Crippen LogP contribution is -2.43. The Hall–Kier alpha value is -2.97. The van der Waals surface area contributed by atoms with Crippen LogP contribution >= 0.6 is 0 Å². The number of nitrogens with two attached hydrogens (primary N) is 1. The van der Waals surface area contributed by atoms with Gasteiger partial charge in [0.1, 0.15) is 11.6 Å². The van der Waals surface area contributed by atoms with Gasteiger partial charge in [-0.2, -0.15) is 4.73 Å². The van der Waals surface area contributed by atoms with Crippen molar-refractivity contribution < 1.29 is 23.9 Å². The van der Waals surface area contributed by atoms with Gasteiger partial charge in [-0.3, -0.25) is 19.2 Å². The zero-order valence-corrected chi connectivity index (χ0v) is 15.0. The summed E-state index contributed by atoms with van der Waals surface area (Å²) in [6.07, 6.45) is 3.40. The number of pyridine rings is 1. The smallest absolute Gasteiger partial charge is 0.260 e. The molecule has 0 saturated carbocycles. The van der Waals surface area contributed by atoms with E-state index in [0.29, 0.717) is 24.1 Å². The first-order chi connectivity index (χ1) is 12.8. The molecule has 27 heavy (non-hydrogen) atoms. The first kappa shape index (κ1) is 18.8. The van der Waals surface area contributed by atoms with Crippen LogP contribution in [0.2, 0.25) is 0 Å². The maximum absolute atomic E-state index is 12.7. The summed E-state index contributed by atoms with van der Waals surface area (Å²) in [5.41, 5.74) is 5.42. The van der Waals surface area contributed by atoms with E-state index in [9.17, 15) is 24.4 Å². The second-order valence-electron chi connectivity index (χ2n) is 7.08. The molecule has 2 aliphatic rings. The number of hydrogen-bond acceptors (Lipinski definition) is 5. The normalized spacial score (nSPS) is 22.6. The Balaban J connectivity index is 1.70. The second-order valence-corrected chi connectivity index (χ2v) is 7.08. The average Bonchev–Trinajstić information content (AvgIpc) is 3.20. The molecule has 9 nitrogen and oxygen atoms in total. The molecule has 1 aromatic rings. The molecular weight excluding hydrogens is 352 g/mol. The number of carbonyl (C=O) groups excluding carboxylic acids is 4. The Bertz CT molecular complexity index is 796. The third-order valence-electron chi connectivity index (χ3n) is 5.30. The van der Waals surface area contributed by atoms with Crippen LogP contribution in [0.3, 0.4) is 0 Å². The van der Waals surface area contributed by atoms with Crippen molar-refractivity contribution >= 4 is 23.5 Å². The molecular formula is C18H22N4O5. The molecule has 0 aromatic carbocycles. The maximum atomic E-state index is 12.7. The summed E-state index contributed by atoms with van der Waals surface area (Å²) >= 11 is 0. The molecule has 0 spiro atoms. The fourth-order valence-corrected chi connectivity index (χ4v) is 3.74. The predicted molar refractivity (Wildman–Crippen MR) is 92.9 cm³/mol. The summed E-state index contributed by atoms with van der Waals surface area (Å²) in [7, 11) is 0. The molecule has 2 saturated heterocycles. The summed E-state index contributed by atoms with van der Waals surface area (Å²) < 4.78 is 0.535. The minimum absolute atomic E-state index is 0.0800. The van der Waals surface area contributed by atoms with Gasteiger partial charge in [0.15, 0.2) is 18.2 Å². The highest BCUT2D eigenvalue weighted by Gasteiger charge is 2.51. The Labute approximate surface area is 156 Å². The Morgan fingerprint density at radius 3 is 2.78 bits per heavy atom. The molecule has 3 amide bonds. The van der Waals surface area contributed by atoms with Gasteiger partial charge < -0.3 is 20.7 Å². The molecule has 144 valence electrons. The molecule has 3 heterocycles. The van der Waals surface area contributed by atoms with E-state index in [1.807, 2.05) is 0 Å². The zero-order valence-electron chi connectivity index (χ0n) is 15.0. The molecule has 3 atom stereocenters. The molecule has 9 heteroatoms. The molecule has 2 aliphatic heterocycles. The van der Waals surface area contributed by atoms with Crippen molar-refractivity contribution in [1.82, 2.24) is 9.80 Å². The van der Waals surface area contributed by atoms with E-state index in [4.69, 9.17) is 5.73 Å². The number of carbonyl (C=O) groups is 4. The van der Waals surface area contributed by atoms with Gasteiger partial charge in [-0.05, 0) is 18.9 Å². The number of rotatable bonds is 5. The van der Waals surface area contributed by atoms with Gasteiger partial charge in [0.2, 0.25) is 11.8 Å². The third kappa shape index (κ3) is 3.62. The fraction of sp³-hybridized carbons (Fsp3) is 0.500. The van der Waals surface area contributed by atoms with Crippen LogP contribution in [0.5, 0.6) is 0 Å². The molecule has 1 aromatic heterocycles. The lowest BCUT2D eigenvalue weighted by atomic mass is 10.0. The molecule has 2 N–H and O–H groups in total. The monoisotopic (exact) mass is 374 g/mol. The Morgan fingerprint density at radius 1 is 1.37 bits per heavy atom. The SMILES string of the molecule is CC(CCC(=O)N1CCC2C1C(=O)CN2C(=O)c1ccc[n+]([O-])c1)C(N)=O. The van der Waals surface area contributed by atoms with Gasteiger partial charge in [0.05, 0.1) is 12.6 Å². The van der Waals surface area contributed by atoms with E-state index in [2.05, 4.69) is 0 Å². The quantitative estimate of drug-likeness (QED) is 0.534. The topological polar surface area (TPSA) is 128 Å². The summed E-state index contributed by atoms with van der Waals surface area (Å²) in [6, 6.07) is 1.95. The van der Waals surface area contributed by atoms with Crippen molar-refractivity contribution in [3.63, 3.8) is 0 Å². The third-order valence-corrected chi connectivity index (χ3v) is 5.30. The summed E-state index contributed by atoms with van der Waals surface area (Å²) in [4.78, 5) is 51.8.